The Balaban J connectivity index is 1.89. The molecule has 7 heteroatoms. The molecular formula is C9H12N6O. The first-order valence-corrected chi connectivity index (χ1v) is 4.84. The summed E-state index contributed by atoms with van der Waals surface area (Å²) in [5.74, 6) is 2.45. The molecule has 7 nitrogen and oxygen atoms in total. The minimum absolute atomic E-state index is 0.453. The Morgan fingerprint density at radius 2 is 2.31 bits per heavy atom. The van der Waals surface area contributed by atoms with E-state index in [1.54, 1.807) is 13.0 Å². The monoisotopic (exact) mass is 220 g/mol. The maximum Gasteiger partial charge on any atom is 0.213 e. The number of nitrogens with one attached hydrogen (secondary N) is 1. The highest BCUT2D eigenvalue weighted by molar-refractivity contribution is 5.44. The standard InChI is InChI=1S/C9H12N6O/c1-6-13-7(10)4-9(14-6)11-3-2-8-12-5-16-15-8/h4-5H,2-3H2,1H3,(H3,10,11,13,14). The number of hydrogen-bond acceptors (Lipinski definition) is 7. The summed E-state index contributed by atoms with van der Waals surface area (Å²) in [7, 11) is 0. The molecule has 16 heavy (non-hydrogen) atoms. The lowest BCUT2D eigenvalue weighted by molar-refractivity contribution is 0.410. The molecule has 0 radical (unpaired) electrons. The van der Waals surface area contributed by atoms with E-state index in [0.29, 0.717) is 36.3 Å². The van der Waals surface area contributed by atoms with Crippen molar-refractivity contribution in [3.63, 3.8) is 0 Å². The number of aryl methyl sites for hydroxylation is 1. The Labute approximate surface area is 92.1 Å². The molecule has 2 heterocycles. The van der Waals surface area contributed by atoms with E-state index in [2.05, 4.69) is 29.9 Å². The van der Waals surface area contributed by atoms with Crippen molar-refractivity contribution in [3.8, 4) is 0 Å². The summed E-state index contributed by atoms with van der Waals surface area (Å²) in [5.41, 5.74) is 5.59. The molecule has 0 saturated carbocycles. The third kappa shape index (κ3) is 2.66. The van der Waals surface area contributed by atoms with Crippen LogP contribution in [0.3, 0.4) is 0 Å². The number of nitrogens with two attached hydrogens (primary N) is 1. The zero-order chi connectivity index (χ0) is 11.4. The first kappa shape index (κ1) is 10.3. The second-order valence-corrected chi connectivity index (χ2v) is 3.25. The highest BCUT2D eigenvalue weighted by Gasteiger charge is 2.00. The van der Waals surface area contributed by atoms with Gasteiger partial charge in [0.15, 0.2) is 5.82 Å². The van der Waals surface area contributed by atoms with Gasteiger partial charge in [0.05, 0.1) is 0 Å². The van der Waals surface area contributed by atoms with Gasteiger partial charge >= 0.3 is 0 Å². The summed E-state index contributed by atoms with van der Waals surface area (Å²) >= 11 is 0. The fourth-order valence-corrected chi connectivity index (χ4v) is 1.29. The molecule has 3 N–H and O–H groups in total. The van der Waals surface area contributed by atoms with Crippen LogP contribution >= 0.6 is 0 Å². The number of nitrogen functional groups attached to an aromatic ring is 1. The van der Waals surface area contributed by atoms with Gasteiger partial charge in [0, 0.05) is 19.0 Å². The first-order chi connectivity index (χ1) is 7.74. The molecular weight excluding hydrogens is 208 g/mol. The summed E-state index contributed by atoms with van der Waals surface area (Å²) in [6.07, 6.45) is 1.97. The van der Waals surface area contributed by atoms with Crippen molar-refractivity contribution in [1.29, 1.82) is 0 Å². The molecule has 2 aromatic rings. The Morgan fingerprint density at radius 1 is 1.44 bits per heavy atom. The van der Waals surface area contributed by atoms with Crippen LogP contribution in [0.1, 0.15) is 11.6 Å². The molecule has 0 spiro atoms. The predicted molar refractivity (Wildman–Crippen MR) is 57.7 cm³/mol. The van der Waals surface area contributed by atoms with Gasteiger partial charge in [-0.05, 0) is 6.92 Å². The van der Waals surface area contributed by atoms with E-state index in [4.69, 9.17) is 5.73 Å². The van der Waals surface area contributed by atoms with E-state index in [1.807, 2.05) is 0 Å². The maximum atomic E-state index is 5.59. The van der Waals surface area contributed by atoms with Crippen LogP contribution in [0, 0.1) is 6.92 Å². The molecule has 0 atom stereocenters. The second kappa shape index (κ2) is 4.56. The highest BCUT2D eigenvalue weighted by atomic mass is 16.5. The lowest BCUT2D eigenvalue weighted by Crippen LogP contribution is -2.09. The van der Waals surface area contributed by atoms with Gasteiger partial charge in [0.1, 0.15) is 17.5 Å². The fraction of sp³-hybridized carbons (Fsp3) is 0.333. The Bertz CT molecular complexity index is 435. The molecule has 0 fully saturated rings. The Morgan fingerprint density at radius 3 is 3.00 bits per heavy atom. The van der Waals surface area contributed by atoms with Crippen LogP contribution < -0.4 is 11.1 Å². The third-order valence-electron chi connectivity index (χ3n) is 1.92. The average Bonchev–Trinajstić information content (AvgIpc) is 2.69. The van der Waals surface area contributed by atoms with E-state index >= 15 is 0 Å². The summed E-state index contributed by atoms with van der Waals surface area (Å²) in [6, 6.07) is 1.68. The zero-order valence-corrected chi connectivity index (χ0v) is 8.84. The van der Waals surface area contributed by atoms with Crippen LogP contribution in [0.5, 0.6) is 0 Å². The lowest BCUT2D eigenvalue weighted by atomic mass is 10.4. The first-order valence-electron chi connectivity index (χ1n) is 4.84. The normalized spacial score (nSPS) is 10.3. The van der Waals surface area contributed by atoms with Crippen LogP contribution in [0.2, 0.25) is 0 Å². The number of rotatable bonds is 4. The summed E-state index contributed by atoms with van der Waals surface area (Å²) in [5, 5.41) is 6.81. The Kier molecular flexibility index (Phi) is 2.95. The highest BCUT2D eigenvalue weighted by Crippen LogP contribution is 2.07. The molecule has 0 saturated heterocycles. The molecule has 0 aromatic carbocycles. The van der Waals surface area contributed by atoms with Gasteiger partial charge in [0.2, 0.25) is 6.39 Å². The van der Waals surface area contributed by atoms with Gasteiger partial charge in [-0.2, -0.15) is 4.98 Å². The SMILES string of the molecule is Cc1nc(N)cc(NCCc2ncon2)n1. The molecule has 0 bridgehead atoms. The summed E-state index contributed by atoms with van der Waals surface area (Å²) in [6.45, 7) is 2.45. The van der Waals surface area contributed by atoms with Crippen LogP contribution in [-0.2, 0) is 6.42 Å². The molecule has 2 rings (SSSR count). The molecule has 0 aliphatic carbocycles. The Hall–Kier alpha value is -2.18. The van der Waals surface area contributed by atoms with Crippen LogP contribution in [-0.4, -0.2) is 26.7 Å². The number of anilines is 2. The van der Waals surface area contributed by atoms with E-state index in [1.165, 1.54) is 6.39 Å². The molecule has 0 aliphatic rings. The smallest absolute Gasteiger partial charge is 0.213 e. The minimum Gasteiger partial charge on any atom is -0.384 e. The number of nitrogens with zero attached hydrogens (tertiary/aromatic N) is 4. The fourth-order valence-electron chi connectivity index (χ4n) is 1.29. The van der Waals surface area contributed by atoms with E-state index < -0.39 is 0 Å². The van der Waals surface area contributed by atoms with Crippen molar-refractivity contribution < 1.29 is 4.52 Å². The van der Waals surface area contributed by atoms with Crippen LogP contribution in [0.4, 0.5) is 11.6 Å². The molecule has 84 valence electrons. The molecule has 0 aliphatic heterocycles. The minimum atomic E-state index is 0.453. The van der Waals surface area contributed by atoms with Crippen molar-refractivity contribution in [1.82, 2.24) is 20.1 Å². The van der Waals surface area contributed by atoms with Crippen LogP contribution in [0.15, 0.2) is 17.0 Å². The van der Waals surface area contributed by atoms with Gasteiger partial charge in [-0.1, -0.05) is 5.16 Å². The van der Waals surface area contributed by atoms with Gasteiger partial charge in [-0.3, -0.25) is 0 Å². The van der Waals surface area contributed by atoms with Crippen molar-refractivity contribution in [2.45, 2.75) is 13.3 Å². The summed E-state index contributed by atoms with van der Waals surface area (Å²) < 4.78 is 4.62. The average molecular weight is 220 g/mol. The van der Waals surface area contributed by atoms with E-state index in [0.717, 1.165) is 0 Å². The lowest BCUT2D eigenvalue weighted by Gasteiger charge is -2.05. The van der Waals surface area contributed by atoms with E-state index in [-0.39, 0.29) is 0 Å². The number of hydrogen-bond donors (Lipinski definition) is 2. The maximum absolute atomic E-state index is 5.59. The van der Waals surface area contributed by atoms with Crippen molar-refractivity contribution in [2.24, 2.45) is 0 Å². The van der Waals surface area contributed by atoms with Crippen molar-refractivity contribution in [2.75, 3.05) is 17.6 Å². The molecule has 0 unspecified atom stereocenters. The second-order valence-electron chi connectivity index (χ2n) is 3.25. The van der Waals surface area contributed by atoms with Crippen LogP contribution in [0.25, 0.3) is 0 Å². The van der Waals surface area contributed by atoms with Gasteiger partial charge in [-0.15, -0.1) is 0 Å². The topological polar surface area (TPSA) is 103 Å². The summed E-state index contributed by atoms with van der Waals surface area (Å²) in [4.78, 5) is 12.1. The molecule has 0 amide bonds. The van der Waals surface area contributed by atoms with Gasteiger partial charge < -0.3 is 15.6 Å². The number of aromatic nitrogens is 4. The predicted octanol–water partition coefficient (Wildman–Crippen LogP) is 0.405. The van der Waals surface area contributed by atoms with Crippen molar-refractivity contribution in [3.05, 3.63) is 24.1 Å². The van der Waals surface area contributed by atoms with Gasteiger partial charge in [0.25, 0.3) is 0 Å². The largest absolute Gasteiger partial charge is 0.384 e. The molecule has 2 aromatic heterocycles. The van der Waals surface area contributed by atoms with E-state index in [9.17, 15) is 0 Å². The van der Waals surface area contributed by atoms with Gasteiger partial charge in [-0.25, -0.2) is 9.97 Å². The third-order valence-corrected chi connectivity index (χ3v) is 1.92. The van der Waals surface area contributed by atoms with Crippen molar-refractivity contribution >= 4 is 11.6 Å². The quantitative estimate of drug-likeness (QED) is 0.768. The zero-order valence-electron chi connectivity index (χ0n) is 8.84.